The smallest absolute Gasteiger partial charge is 0.0135 e. The average Bonchev–Trinajstić information content (AvgIpc) is 2.20. The second-order valence-electron chi connectivity index (χ2n) is 11.3. The second kappa shape index (κ2) is 12.2. The van der Waals surface area contributed by atoms with Crippen LogP contribution in [0.25, 0.3) is 0 Å². The Bertz CT molecular complexity index is 331. The summed E-state index contributed by atoms with van der Waals surface area (Å²) in [6.45, 7) is 38.3. The van der Waals surface area contributed by atoms with Gasteiger partial charge in [0.25, 0.3) is 0 Å². The standard InChI is InChI=1S/C12H27N.C10H20.C3H8/c1-10(2,3)13(11(4,5)6)12(7,8)9;1-7(2)10(8(3)4)9(5)6;1-3-2/h1-9H3;7-8H,1-6H3;3H2,1-2H3. The lowest BCUT2D eigenvalue weighted by Gasteiger charge is -2.53. The maximum Gasteiger partial charge on any atom is 0.0135 e. The van der Waals surface area contributed by atoms with Crippen LogP contribution < -0.4 is 0 Å². The molecule has 1 nitrogen and oxygen atoms in total. The topological polar surface area (TPSA) is 3.24 Å². The molecular weight excluding hydrogens is 314 g/mol. The van der Waals surface area contributed by atoms with E-state index in [-0.39, 0.29) is 16.6 Å². The number of allylic oxidation sites excluding steroid dienone is 2. The van der Waals surface area contributed by atoms with E-state index in [0.717, 1.165) is 0 Å². The Kier molecular flexibility index (Phi) is 14.3. The van der Waals surface area contributed by atoms with Crippen LogP contribution in [0.2, 0.25) is 0 Å². The molecule has 0 saturated carbocycles. The molecule has 160 valence electrons. The summed E-state index contributed by atoms with van der Waals surface area (Å²) in [6.07, 6.45) is 1.25. The monoisotopic (exact) mass is 369 g/mol. The Hall–Kier alpha value is -0.300. The molecule has 0 aliphatic carbocycles. The van der Waals surface area contributed by atoms with Crippen LogP contribution in [0.5, 0.6) is 0 Å². The first-order valence-electron chi connectivity index (χ1n) is 10.7. The first kappa shape index (κ1) is 30.4. The van der Waals surface area contributed by atoms with Crippen molar-refractivity contribution in [1.29, 1.82) is 0 Å². The zero-order chi connectivity index (χ0) is 22.1. The SMILES string of the molecule is CC(C)(C)N(C(C)(C)C)C(C)(C)C.CC(C)=C(C(C)C)C(C)C.CCC. The van der Waals surface area contributed by atoms with Gasteiger partial charge in [-0.3, -0.25) is 4.90 Å². The quantitative estimate of drug-likeness (QED) is 0.440. The van der Waals surface area contributed by atoms with Crippen LogP contribution in [0.15, 0.2) is 11.1 Å². The summed E-state index contributed by atoms with van der Waals surface area (Å²) in [7, 11) is 0. The Morgan fingerprint density at radius 2 is 0.808 bits per heavy atom. The highest BCUT2D eigenvalue weighted by molar-refractivity contribution is 5.13. The van der Waals surface area contributed by atoms with Crippen molar-refractivity contribution in [1.82, 2.24) is 4.90 Å². The van der Waals surface area contributed by atoms with Crippen LogP contribution in [-0.2, 0) is 0 Å². The molecule has 0 fully saturated rings. The zero-order valence-electron chi connectivity index (χ0n) is 21.8. The highest BCUT2D eigenvalue weighted by atomic mass is 15.3. The van der Waals surface area contributed by atoms with E-state index in [2.05, 4.69) is 123 Å². The number of nitrogens with zero attached hydrogens (tertiary/aromatic N) is 1. The molecule has 0 saturated heterocycles. The van der Waals surface area contributed by atoms with Gasteiger partial charge in [-0.25, -0.2) is 0 Å². The third-order valence-corrected chi connectivity index (χ3v) is 3.83. The van der Waals surface area contributed by atoms with Crippen molar-refractivity contribution in [2.24, 2.45) is 11.8 Å². The minimum absolute atomic E-state index is 0.219. The summed E-state index contributed by atoms with van der Waals surface area (Å²) < 4.78 is 0. The molecule has 0 aliphatic rings. The third-order valence-electron chi connectivity index (χ3n) is 3.83. The van der Waals surface area contributed by atoms with E-state index in [9.17, 15) is 0 Å². The van der Waals surface area contributed by atoms with Crippen molar-refractivity contribution in [3.63, 3.8) is 0 Å². The van der Waals surface area contributed by atoms with E-state index in [4.69, 9.17) is 0 Å². The summed E-state index contributed by atoms with van der Waals surface area (Å²) in [5.41, 5.74) is 3.76. The van der Waals surface area contributed by atoms with Gasteiger partial charge in [0.15, 0.2) is 0 Å². The van der Waals surface area contributed by atoms with E-state index in [1.807, 2.05) is 0 Å². The van der Waals surface area contributed by atoms with Crippen molar-refractivity contribution in [3.8, 4) is 0 Å². The van der Waals surface area contributed by atoms with Gasteiger partial charge in [0.1, 0.15) is 0 Å². The fourth-order valence-corrected chi connectivity index (χ4v) is 4.84. The summed E-state index contributed by atoms with van der Waals surface area (Å²) in [4.78, 5) is 2.56. The van der Waals surface area contributed by atoms with Crippen LogP contribution in [0.3, 0.4) is 0 Å². The van der Waals surface area contributed by atoms with E-state index >= 15 is 0 Å². The molecule has 0 aromatic heterocycles. The predicted octanol–water partition coefficient (Wildman–Crippen LogP) is 8.74. The van der Waals surface area contributed by atoms with E-state index < -0.39 is 0 Å². The Morgan fingerprint density at radius 3 is 0.808 bits per heavy atom. The first-order valence-corrected chi connectivity index (χ1v) is 10.7. The molecular formula is C25H55N. The normalized spacial score (nSPS) is 12.5. The maximum absolute atomic E-state index is 2.56. The molecule has 1 heteroatoms. The lowest BCUT2D eigenvalue weighted by molar-refractivity contribution is -0.0402. The van der Waals surface area contributed by atoms with Crippen LogP contribution >= 0.6 is 0 Å². The van der Waals surface area contributed by atoms with Gasteiger partial charge < -0.3 is 0 Å². The van der Waals surface area contributed by atoms with Crippen molar-refractivity contribution in [2.45, 2.75) is 141 Å². The van der Waals surface area contributed by atoms with Crippen LogP contribution in [0.1, 0.15) is 124 Å². The summed E-state index contributed by atoms with van der Waals surface area (Å²) in [5.74, 6) is 1.43. The number of rotatable bonds is 2. The summed E-state index contributed by atoms with van der Waals surface area (Å²) in [5, 5.41) is 0. The van der Waals surface area contributed by atoms with Crippen molar-refractivity contribution in [3.05, 3.63) is 11.1 Å². The highest BCUT2D eigenvalue weighted by Gasteiger charge is 2.38. The van der Waals surface area contributed by atoms with Crippen LogP contribution in [0, 0.1) is 11.8 Å². The molecule has 0 radical (unpaired) electrons. The minimum atomic E-state index is 0.219. The van der Waals surface area contributed by atoms with Crippen LogP contribution in [0.4, 0.5) is 0 Å². The molecule has 0 bridgehead atoms. The molecule has 0 spiro atoms. The molecule has 0 heterocycles. The Labute approximate surface area is 169 Å². The van der Waals surface area contributed by atoms with Gasteiger partial charge in [0.2, 0.25) is 0 Å². The molecule has 0 unspecified atom stereocenters. The van der Waals surface area contributed by atoms with Crippen molar-refractivity contribution in [2.75, 3.05) is 0 Å². The number of hydrogen-bond acceptors (Lipinski definition) is 1. The van der Waals surface area contributed by atoms with E-state index in [0.29, 0.717) is 11.8 Å². The summed E-state index contributed by atoms with van der Waals surface area (Å²) in [6, 6.07) is 0. The summed E-state index contributed by atoms with van der Waals surface area (Å²) >= 11 is 0. The van der Waals surface area contributed by atoms with Crippen molar-refractivity contribution >= 4 is 0 Å². The second-order valence-corrected chi connectivity index (χ2v) is 11.3. The maximum atomic E-state index is 2.56. The van der Waals surface area contributed by atoms with E-state index in [1.54, 1.807) is 5.57 Å². The fraction of sp³-hybridized carbons (Fsp3) is 0.920. The molecule has 0 atom stereocenters. The molecule has 0 aromatic carbocycles. The molecule has 0 amide bonds. The minimum Gasteiger partial charge on any atom is -0.289 e. The van der Waals surface area contributed by atoms with Gasteiger partial charge in [-0.05, 0) is 88.0 Å². The van der Waals surface area contributed by atoms with Gasteiger partial charge in [0, 0.05) is 16.6 Å². The zero-order valence-corrected chi connectivity index (χ0v) is 21.8. The van der Waals surface area contributed by atoms with E-state index in [1.165, 1.54) is 12.0 Å². The molecule has 0 aliphatic heterocycles. The molecule has 0 N–H and O–H groups in total. The average molecular weight is 370 g/mol. The lowest BCUT2D eigenvalue weighted by Crippen LogP contribution is -2.60. The Balaban J connectivity index is -0.000000362. The highest BCUT2D eigenvalue weighted by Crippen LogP contribution is 2.32. The fourth-order valence-electron chi connectivity index (χ4n) is 4.84. The molecule has 26 heavy (non-hydrogen) atoms. The van der Waals surface area contributed by atoms with Gasteiger partial charge >= 0.3 is 0 Å². The largest absolute Gasteiger partial charge is 0.289 e. The van der Waals surface area contributed by atoms with Crippen molar-refractivity contribution < 1.29 is 0 Å². The van der Waals surface area contributed by atoms with Gasteiger partial charge in [-0.15, -0.1) is 0 Å². The number of hydrogen-bond donors (Lipinski definition) is 0. The van der Waals surface area contributed by atoms with Gasteiger partial charge in [-0.1, -0.05) is 59.1 Å². The first-order chi connectivity index (χ1) is 11.2. The van der Waals surface area contributed by atoms with Gasteiger partial charge in [-0.2, -0.15) is 0 Å². The predicted molar refractivity (Wildman–Crippen MR) is 125 cm³/mol. The lowest BCUT2D eigenvalue weighted by atomic mass is 9.88. The van der Waals surface area contributed by atoms with Gasteiger partial charge in [0.05, 0.1) is 0 Å². The third kappa shape index (κ3) is 13.8. The molecule has 0 aromatic rings. The molecule has 0 rings (SSSR count). The Morgan fingerprint density at radius 1 is 0.615 bits per heavy atom. The van der Waals surface area contributed by atoms with Crippen LogP contribution in [-0.4, -0.2) is 21.5 Å².